The van der Waals surface area contributed by atoms with Crippen LogP contribution in [0.25, 0.3) is 0 Å². The molecule has 6 nitrogen and oxygen atoms in total. The van der Waals surface area contributed by atoms with E-state index in [4.69, 9.17) is 10.9 Å². The zero-order valence-corrected chi connectivity index (χ0v) is 13.1. The van der Waals surface area contributed by atoms with E-state index < -0.39 is 5.54 Å². The number of rotatable bonds is 5. The number of hydrogen-bond donors (Lipinski definition) is 2. The molecule has 0 unspecified atom stereocenters. The second kappa shape index (κ2) is 6.92. The summed E-state index contributed by atoms with van der Waals surface area (Å²) in [5.41, 5.74) is 5.25. The smallest absolute Gasteiger partial charge is 0.222 e. The second-order valence-corrected chi connectivity index (χ2v) is 6.34. The second-order valence-electron chi connectivity index (χ2n) is 6.34. The summed E-state index contributed by atoms with van der Waals surface area (Å²) in [7, 11) is 0. The summed E-state index contributed by atoms with van der Waals surface area (Å²) in [5.74, 6) is 0.997. The molecule has 3 N–H and O–H groups in total. The Morgan fingerprint density at radius 3 is 2.30 bits per heavy atom. The van der Waals surface area contributed by atoms with Crippen molar-refractivity contribution in [3.05, 3.63) is 0 Å². The fourth-order valence-electron chi connectivity index (χ4n) is 2.37. The molecule has 0 bridgehead atoms. The van der Waals surface area contributed by atoms with E-state index in [1.165, 1.54) is 0 Å². The molecule has 1 fully saturated rings. The minimum Gasteiger partial charge on any atom is -0.409 e. The van der Waals surface area contributed by atoms with Crippen LogP contribution in [-0.4, -0.2) is 58.5 Å². The Kier molecular flexibility index (Phi) is 5.80. The van der Waals surface area contributed by atoms with Crippen LogP contribution in [0.1, 0.15) is 40.5 Å². The number of hydrogen-bond acceptors (Lipinski definition) is 4. The molecule has 1 aliphatic heterocycles. The van der Waals surface area contributed by atoms with E-state index in [2.05, 4.69) is 23.9 Å². The van der Waals surface area contributed by atoms with E-state index in [-0.39, 0.29) is 11.7 Å². The van der Waals surface area contributed by atoms with Gasteiger partial charge in [-0.2, -0.15) is 0 Å². The standard InChI is InChI=1S/C14H28N4O2/c1-11(2)5-6-12(19)17-7-9-18(10-8-17)14(3,4)13(15)16-20/h11,20H,5-10H2,1-4H3,(H2,15,16). The molecule has 0 saturated carbocycles. The Labute approximate surface area is 121 Å². The molecule has 116 valence electrons. The van der Waals surface area contributed by atoms with E-state index in [9.17, 15) is 4.79 Å². The molecule has 0 aliphatic carbocycles. The third-order valence-corrected chi connectivity index (χ3v) is 4.09. The minimum absolute atomic E-state index is 0.206. The predicted octanol–water partition coefficient (Wildman–Crippen LogP) is 1.09. The van der Waals surface area contributed by atoms with Crippen molar-refractivity contribution in [2.24, 2.45) is 16.8 Å². The maximum absolute atomic E-state index is 12.1. The van der Waals surface area contributed by atoms with E-state index in [1.54, 1.807) is 0 Å². The highest BCUT2D eigenvalue weighted by Gasteiger charge is 2.34. The Morgan fingerprint density at radius 2 is 1.85 bits per heavy atom. The SMILES string of the molecule is CC(C)CCC(=O)N1CCN(C(C)(C)C(N)=NO)CC1. The van der Waals surface area contributed by atoms with Crippen LogP contribution in [-0.2, 0) is 4.79 Å². The maximum atomic E-state index is 12.1. The van der Waals surface area contributed by atoms with E-state index in [1.807, 2.05) is 18.7 Å². The van der Waals surface area contributed by atoms with Crippen LogP contribution in [0.4, 0.5) is 0 Å². The molecule has 6 heteroatoms. The molecule has 1 heterocycles. The van der Waals surface area contributed by atoms with Crippen molar-refractivity contribution >= 4 is 11.7 Å². The van der Waals surface area contributed by atoms with Crippen molar-refractivity contribution in [1.82, 2.24) is 9.80 Å². The molecular formula is C14H28N4O2. The summed E-state index contributed by atoms with van der Waals surface area (Å²) in [6.45, 7) is 11.0. The van der Waals surface area contributed by atoms with Gasteiger partial charge in [0.1, 0.15) is 0 Å². The number of amides is 1. The molecule has 1 amide bonds. The Morgan fingerprint density at radius 1 is 1.30 bits per heavy atom. The molecule has 0 aromatic heterocycles. The van der Waals surface area contributed by atoms with Gasteiger partial charge in [-0.05, 0) is 26.2 Å². The first-order valence-electron chi connectivity index (χ1n) is 7.30. The van der Waals surface area contributed by atoms with Crippen molar-refractivity contribution in [2.45, 2.75) is 46.1 Å². The lowest BCUT2D eigenvalue weighted by atomic mass is 10.00. The molecule has 20 heavy (non-hydrogen) atoms. The number of nitrogens with zero attached hydrogens (tertiary/aromatic N) is 3. The van der Waals surface area contributed by atoms with Crippen LogP contribution in [0.5, 0.6) is 0 Å². The first-order valence-corrected chi connectivity index (χ1v) is 7.30. The Balaban J connectivity index is 2.49. The van der Waals surface area contributed by atoms with Gasteiger partial charge in [-0.15, -0.1) is 0 Å². The van der Waals surface area contributed by atoms with Crippen molar-refractivity contribution in [3.8, 4) is 0 Å². The highest BCUT2D eigenvalue weighted by molar-refractivity contribution is 5.88. The van der Waals surface area contributed by atoms with Crippen molar-refractivity contribution in [3.63, 3.8) is 0 Å². The molecule has 0 radical (unpaired) electrons. The van der Waals surface area contributed by atoms with Crippen LogP contribution >= 0.6 is 0 Å². The van der Waals surface area contributed by atoms with E-state index >= 15 is 0 Å². The summed E-state index contributed by atoms with van der Waals surface area (Å²) in [4.78, 5) is 16.1. The molecule has 0 aromatic carbocycles. The van der Waals surface area contributed by atoms with Gasteiger partial charge in [-0.3, -0.25) is 9.69 Å². The van der Waals surface area contributed by atoms with Gasteiger partial charge in [0.2, 0.25) is 5.91 Å². The lowest BCUT2D eigenvalue weighted by Gasteiger charge is -2.43. The summed E-state index contributed by atoms with van der Waals surface area (Å²) >= 11 is 0. The van der Waals surface area contributed by atoms with Crippen LogP contribution < -0.4 is 5.73 Å². The van der Waals surface area contributed by atoms with Gasteiger partial charge in [0.05, 0.1) is 5.54 Å². The highest BCUT2D eigenvalue weighted by atomic mass is 16.4. The third kappa shape index (κ3) is 4.10. The molecule has 0 aromatic rings. The first kappa shape index (κ1) is 16.8. The van der Waals surface area contributed by atoms with Gasteiger partial charge in [0.15, 0.2) is 5.84 Å². The Hall–Kier alpha value is -1.30. The molecule has 1 aliphatic rings. The lowest BCUT2D eigenvalue weighted by Crippen LogP contribution is -2.60. The van der Waals surface area contributed by atoms with Crippen molar-refractivity contribution in [2.75, 3.05) is 26.2 Å². The zero-order valence-electron chi connectivity index (χ0n) is 13.1. The summed E-state index contributed by atoms with van der Waals surface area (Å²) in [5, 5.41) is 11.9. The zero-order chi connectivity index (χ0) is 15.3. The van der Waals surface area contributed by atoms with E-state index in [0.29, 0.717) is 25.4 Å². The van der Waals surface area contributed by atoms with Gasteiger partial charge in [0.25, 0.3) is 0 Å². The van der Waals surface area contributed by atoms with Gasteiger partial charge < -0.3 is 15.8 Å². The van der Waals surface area contributed by atoms with Crippen molar-refractivity contribution < 1.29 is 10.0 Å². The number of amidine groups is 1. The number of oxime groups is 1. The Bertz CT molecular complexity index is 358. The van der Waals surface area contributed by atoms with Crippen LogP contribution in [0.3, 0.4) is 0 Å². The monoisotopic (exact) mass is 284 g/mol. The van der Waals surface area contributed by atoms with Gasteiger partial charge in [0, 0.05) is 32.6 Å². The highest BCUT2D eigenvalue weighted by Crippen LogP contribution is 2.18. The fraction of sp³-hybridized carbons (Fsp3) is 0.857. The number of carbonyl (C=O) groups is 1. The van der Waals surface area contributed by atoms with Crippen LogP contribution in [0, 0.1) is 5.92 Å². The normalized spacial score (nSPS) is 18.6. The topological polar surface area (TPSA) is 82.2 Å². The van der Waals surface area contributed by atoms with Crippen LogP contribution in [0.15, 0.2) is 5.16 Å². The number of nitrogens with two attached hydrogens (primary N) is 1. The summed E-state index contributed by atoms with van der Waals surface area (Å²) < 4.78 is 0. The molecule has 1 rings (SSSR count). The molecule has 0 spiro atoms. The van der Waals surface area contributed by atoms with Gasteiger partial charge in [-0.1, -0.05) is 19.0 Å². The van der Waals surface area contributed by atoms with Gasteiger partial charge >= 0.3 is 0 Å². The van der Waals surface area contributed by atoms with E-state index in [0.717, 1.165) is 19.5 Å². The fourth-order valence-corrected chi connectivity index (χ4v) is 2.37. The number of piperazine rings is 1. The predicted molar refractivity (Wildman–Crippen MR) is 79.7 cm³/mol. The summed E-state index contributed by atoms with van der Waals surface area (Å²) in [6.07, 6.45) is 1.57. The average molecular weight is 284 g/mol. The van der Waals surface area contributed by atoms with Crippen molar-refractivity contribution in [1.29, 1.82) is 0 Å². The third-order valence-electron chi connectivity index (χ3n) is 4.09. The molecule has 1 saturated heterocycles. The van der Waals surface area contributed by atoms with Crippen LogP contribution in [0.2, 0.25) is 0 Å². The summed E-state index contributed by atoms with van der Waals surface area (Å²) in [6, 6.07) is 0. The maximum Gasteiger partial charge on any atom is 0.222 e. The molecule has 0 atom stereocenters. The minimum atomic E-state index is -0.484. The largest absolute Gasteiger partial charge is 0.409 e. The van der Waals surface area contributed by atoms with Gasteiger partial charge in [-0.25, -0.2) is 0 Å². The molecular weight excluding hydrogens is 256 g/mol. The first-order chi connectivity index (χ1) is 9.28. The quantitative estimate of drug-likeness (QED) is 0.343. The lowest BCUT2D eigenvalue weighted by molar-refractivity contribution is -0.133. The average Bonchev–Trinajstić information content (AvgIpc) is 2.43. The number of carbonyl (C=O) groups excluding carboxylic acids is 1.